The Morgan fingerprint density at radius 3 is 2.47 bits per heavy atom. The smallest absolute Gasteiger partial charge is 0.345 e. The van der Waals surface area contributed by atoms with E-state index >= 15 is 0 Å². The van der Waals surface area contributed by atoms with E-state index in [-0.39, 0.29) is 24.8 Å². The summed E-state index contributed by atoms with van der Waals surface area (Å²) in [4.78, 5) is 40.3. The van der Waals surface area contributed by atoms with E-state index in [0.29, 0.717) is 23.5 Å². The average Bonchev–Trinajstić information content (AvgIpc) is 2.31. The van der Waals surface area contributed by atoms with Gasteiger partial charge in [-0.2, -0.15) is 4.98 Å². The first-order valence-corrected chi connectivity index (χ1v) is 6.03. The van der Waals surface area contributed by atoms with Crippen LogP contribution in [0, 0.1) is 13.8 Å². The maximum atomic E-state index is 11.7. The van der Waals surface area contributed by atoms with Crippen molar-refractivity contribution in [1.82, 2.24) is 20.6 Å². The fourth-order valence-corrected chi connectivity index (χ4v) is 1.68. The summed E-state index contributed by atoms with van der Waals surface area (Å²) in [5, 5.41) is 5.10. The number of rotatable bonds is 5. The molecule has 3 N–H and O–H groups in total. The van der Waals surface area contributed by atoms with Crippen LogP contribution in [0.5, 0.6) is 0 Å². The van der Waals surface area contributed by atoms with Crippen LogP contribution in [-0.2, 0) is 16.0 Å². The number of aryl methyl sites for hydroxylation is 2. The molecule has 0 saturated carbocycles. The summed E-state index contributed by atoms with van der Waals surface area (Å²) in [7, 11) is 0. The molecular weight excluding hydrogens is 248 g/mol. The van der Waals surface area contributed by atoms with Crippen LogP contribution in [0.2, 0.25) is 0 Å². The third-order valence-electron chi connectivity index (χ3n) is 2.61. The molecule has 1 heterocycles. The Balaban J connectivity index is 2.63. The van der Waals surface area contributed by atoms with Gasteiger partial charge in [0.25, 0.3) is 0 Å². The number of aromatic amines is 1. The minimum Gasteiger partial charge on any atom is -0.355 e. The summed E-state index contributed by atoms with van der Waals surface area (Å²) in [6.45, 7) is 5.66. The highest BCUT2D eigenvalue weighted by molar-refractivity contribution is 5.85. The topological polar surface area (TPSA) is 104 Å². The largest absolute Gasteiger partial charge is 0.355 e. The van der Waals surface area contributed by atoms with E-state index in [9.17, 15) is 14.4 Å². The van der Waals surface area contributed by atoms with Gasteiger partial charge in [0, 0.05) is 23.5 Å². The standard InChI is InChI=1S/C12H18N4O3/c1-4-13-11(18)6-14-10(17)5-9-7(2)15-12(19)16-8(9)3/h4-6H2,1-3H3,(H,13,18)(H,14,17)(H,15,16,19). The normalized spacial score (nSPS) is 10.1. The van der Waals surface area contributed by atoms with Crippen molar-refractivity contribution in [2.24, 2.45) is 0 Å². The Hall–Kier alpha value is -2.18. The van der Waals surface area contributed by atoms with Crippen LogP contribution in [0.25, 0.3) is 0 Å². The second-order valence-corrected chi connectivity index (χ2v) is 4.14. The van der Waals surface area contributed by atoms with Crippen LogP contribution < -0.4 is 16.3 Å². The number of amides is 2. The third kappa shape index (κ3) is 4.53. The first kappa shape index (κ1) is 14.9. The van der Waals surface area contributed by atoms with Gasteiger partial charge in [-0.05, 0) is 20.8 Å². The fourth-order valence-electron chi connectivity index (χ4n) is 1.68. The van der Waals surface area contributed by atoms with Gasteiger partial charge in [-0.3, -0.25) is 9.59 Å². The van der Waals surface area contributed by atoms with Gasteiger partial charge in [-0.15, -0.1) is 0 Å². The fraction of sp³-hybridized carbons (Fsp3) is 0.500. The van der Waals surface area contributed by atoms with Crippen LogP contribution in [0.3, 0.4) is 0 Å². The number of carbonyl (C=O) groups is 2. The van der Waals surface area contributed by atoms with Gasteiger partial charge in [0.2, 0.25) is 11.8 Å². The van der Waals surface area contributed by atoms with Gasteiger partial charge in [0.05, 0.1) is 13.0 Å². The Labute approximate surface area is 110 Å². The van der Waals surface area contributed by atoms with Gasteiger partial charge in [-0.1, -0.05) is 0 Å². The highest BCUT2D eigenvalue weighted by atomic mass is 16.2. The van der Waals surface area contributed by atoms with E-state index < -0.39 is 5.69 Å². The molecule has 0 aromatic carbocycles. The summed E-state index contributed by atoms with van der Waals surface area (Å²) in [5.41, 5.74) is 1.38. The molecule has 1 aromatic rings. The lowest BCUT2D eigenvalue weighted by molar-refractivity contribution is -0.125. The zero-order chi connectivity index (χ0) is 14.4. The van der Waals surface area contributed by atoms with E-state index in [1.54, 1.807) is 20.8 Å². The number of H-pyrrole nitrogens is 1. The molecule has 1 aromatic heterocycles. The Bertz CT molecular complexity index is 510. The molecule has 104 valence electrons. The Morgan fingerprint density at radius 1 is 1.21 bits per heavy atom. The Kier molecular flexibility index (Phi) is 5.23. The number of carbonyl (C=O) groups excluding carboxylic acids is 2. The summed E-state index contributed by atoms with van der Waals surface area (Å²) in [6.07, 6.45) is 0.0842. The number of likely N-dealkylation sites (N-methyl/N-ethyl adjacent to an activating group) is 1. The number of aromatic nitrogens is 2. The predicted molar refractivity (Wildman–Crippen MR) is 69.7 cm³/mol. The van der Waals surface area contributed by atoms with Gasteiger partial charge in [0.15, 0.2) is 0 Å². The molecule has 7 nitrogen and oxygen atoms in total. The molecule has 0 radical (unpaired) electrons. The summed E-state index contributed by atoms with van der Waals surface area (Å²) in [5.74, 6) is -0.518. The molecule has 0 aliphatic carbocycles. The minimum atomic E-state index is -0.429. The molecule has 0 spiro atoms. The number of nitrogens with zero attached hydrogens (tertiary/aromatic N) is 1. The van der Waals surface area contributed by atoms with E-state index in [2.05, 4.69) is 20.6 Å². The van der Waals surface area contributed by atoms with Crippen molar-refractivity contribution in [1.29, 1.82) is 0 Å². The zero-order valence-electron chi connectivity index (χ0n) is 11.3. The van der Waals surface area contributed by atoms with Crippen molar-refractivity contribution in [3.8, 4) is 0 Å². The zero-order valence-corrected chi connectivity index (χ0v) is 11.3. The van der Waals surface area contributed by atoms with Crippen molar-refractivity contribution in [3.05, 3.63) is 27.4 Å². The summed E-state index contributed by atoms with van der Waals surface area (Å²) >= 11 is 0. The molecule has 0 unspecified atom stereocenters. The predicted octanol–water partition coefficient (Wildman–Crippen LogP) is -0.818. The quantitative estimate of drug-likeness (QED) is 0.647. The molecule has 7 heteroatoms. The lowest BCUT2D eigenvalue weighted by Crippen LogP contribution is -2.37. The molecule has 0 fully saturated rings. The number of hydrogen-bond donors (Lipinski definition) is 3. The highest BCUT2D eigenvalue weighted by Gasteiger charge is 2.11. The van der Waals surface area contributed by atoms with Gasteiger partial charge in [-0.25, -0.2) is 4.79 Å². The first-order chi connectivity index (χ1) is 8.93. The summed E-state index contributed by atoms with van der Waals surface area (Å²) < 4.78 is 0. The van der Waals surface area contributed by atoms with Gasteiger partial charge in [0.1, 0.15) is 0 Å². The molecule has 0 aliphatic rings. The SMILES string of the molecule is CCNC(=O)CNC(=O)Cc1c(C)nc(=O)[nH]c1C. The maximum Gasteiger partial charge on any atom is 0.345 e. The van der Waals surface area contributed by atoms with Crippen molar-refractivity contribution in [2.45, 2.75) is 27.2 Å². The monoisotopic (exact) mass is 266 g/mol. The molecule has 0 atom stereocenters. The van der Waals surface area contributed by atoms with Crippen molar-refractivity contribution in [2.75, 3.05) is 13.1 Å². The van der Waals surface area contributed by atoms with E-state index in [1.165, 1.54) is 0 Å². The summed E-state index contributed by atoms with van der Waals surface area (Å²) in [6, 6.07) is 0. The number of nitrogens with one attached hydrogen (secondary N) is 3. The highest BCUT2D eigenvalue weighted by Crippen LogP contribution is 2.07. The molecule has 2 amide bonds. The molecule has 1 rings (SSSR count). The molecule has 19 heavy (non-hydrogen) atoms. The van der Waals surface area contributed by atoms with Crippen LogP contribution in [-0.4, -0.2) is 34.9 Å². The maximum absolute atomic E-state index is 11.7. The third-order valence-corrected chi connectivity index (χ3v) is 2.61. The van der Waals surface area contributed by atoms with Crippen molar-refractivity contribution < 1.29 is 9.59 Å². The molecule has 0 bridgehead atoms. The second kappa shape index (κ2) is 6.67. The average molecular weight is 266 g/mol. The van der Waals surface area contributed by atoms with E-state index in [0.717, 1.165) is 0 Å². The van der Waals surface area contributed by atoms with Crippen LogP contribution in [0.4, 0.5) is 0 Å². The lowest BCUT2D eigenvalue weighted by Gasteiger charge is -2.09. The second-order valence-electron chi connectivity index (χ2n) is 4.14. The van der Waals surface area contributed by atoms with Gasteiger partial charge < -0.3 is 15.6 Å². The van der Waals surface area contributed by atoms with Gasteiger partial charge >= 0.3 is 5.69 Å². The Morgan fingerprint density at radius 2 is 1.89 bits per heavy atom. The van der Waals surface area contributed by atoms with Crippen LogP contribution in [0.1, 0.15) is 23.9 Å². The van der Waals surface area contributed by atoms with E-state index in [1.807, 2.05) is 0 Å². The van der Waals surface area contributed by atoms with Crippen molar-refractivity contribution in [3.63, 3.8) is 0 Å². The minimum absolute atomic E-state index is 0.0540. The van der Waals surface area contributed by atoms with Crippen LogP contribution >= 0.6 is 0 Å². The first-order valence-electron chi connectivity index (χ1n) is 6.03. The molecule has 0 aliphatic heterocycles. The lowest BCUT2D eigenvalue weighted by atomic mass is 10.1. The van der Waals surface area contributed by atoms with Crippen molar-refractivity contribution >= 4 is 11.8 Å². The van der Waals surface area contributed by atoms with E-state index in [4.69, 9.17) is 0 Å². The molecule has 0 saturated heterocycles. The molecular formula is C12H18N4O3. The number of hydrogen-bond acceptors (Lipinski definition) is 4. The van der Waals surface area contributed by atoms with Crippen LogP contribution in [0.15, 0.2) is 4.79 Å².